The van der Waals surface area contributed by atoms with Crippen molar-refractivity contribution in [2.75, 3.05) is 0 Å². The van der Waals surface area contributed by atoms with Crippen LogP contribution in [0.3, 0.4) is 0 Å². The van der Waals surface area contributed by atoms with Crippen molar-refractivity contribution in [3.8, 4) is 0 Å². The normalized spacial score (nSPS) is 9.59. The SMILES string of the molecule is O=C(Cl)Cc1cccc(Cl)c1.O=C(O)Cc1cccc(Cl)c1. The zero-order valence-corrected chi connectivity index (χ0v) is 13.7. The lowest BCUT2D eigenvalue weighted by Crippen LogP contribution is -1.99. The van der Waals surface area contributed by atoms with E-state index in [2.05, 4.69) is 0 Å². The van der Waals surface area contributed by atoms with Crippen molar-refractivity contribution >= 4 is 46.0 Å². The van der Waals surface area contributed by atoms with Gasteiger partial charge in [-0.2, -0.15) is 0 Å². The average molecular weight is 360 g/mol. The second-order valence-corrected chi connectivity index (χ2v) is 5.66. The molecule has 3 nitrogen and oxygen atoms in total. The van der Waals surface area contributed by atoms with Crippen LogP contribution in [-0.4, -0.2) is 16.3 Å². The molecule has 2 aromatic carbocycles. The highest BCUT2D eigenvalue weighted by Gasteiger charge is 1.99. The highest BCUT2D eigenvalue weighted by molar-refractivity contribution is 6.63. The number of carboxylic acid groups (broad SMARTS) is 1. The van der Waals surface area contributed by atoms with Gasteiger partial charge in [0.1, 0.15) is 0 Å². The number of hydrogen-bond donors (Lipinski definition) is 1. The maximum absolute atomic E-state index is 10.4. The van der Waals surface area contributed by atoms with E-state index in [0.717, 1.165) is 11.1 Å². The molecule has 1 N–H and O–H groups in total. The maximum Gasteiger partial charge on any atom is 0.307 e. The highest BCUT2D eigenvalue weighted by atomic mass is 35.5. The molecule has 0 aliphatic heterocycles. The fourth-order valence-corrected chi connectivity index (χ4v) is 2.21. The number of halogens is 3. The van der Waals surface area contributed by atoms with Crippen LogP contribution in [0.4, 0.5) is 0 Å². The molecule has 0 fully saturated rings. The second kappa shape index (κ2) is 9.46. The van der Waals surface area contributed by atoms with Gasteiger partial charge in [0.2, 0.25) is 5.24 Å². The first kappa shape index (κ1) is 18.5. The van der Waals surface area contributed by atoms with Crippen molar-refractivity contribution in [1.82, 2.24) is 0 Å². The van der Waals surface area contributed by atoms with E-state index in [0.29, 0.717) is 10.0 Å². The minimum atomic E-state index is -0.840. The lowest BCUT2D eigenvalue weighted by Gasteiger charge is -1.95. The molecule has 2 aromatic rings. The standard InChI is InChI=1S/C8H6Cl2O.C8H7ClO2/c2*9-7-3-1-2-6(4-7)5-8(10)11/h1-4H,5H2;1-4H,5H2,(H,10,11). The molecule has 0 aliphatic rings. The van der Waals surface area contributed by atoms with Gasteiger partial charge < -0.3 is 5.11 Å². The summed E-state index contributed by atoms with van der Waals surface area (Å²) >= 11 is 16.5. The van der Waals surface area contributed by atoms with E-state index in [1.54, 1.807) is 42.5 Å². The number of rotatable bonds is 4. The van der Waals surface area contributed by atoms with Gasteiger partial charge in [-0.1, -0.05) is 47.5 Å². The van der Waals surface area contributed by atoms with Gasteiger partial charge in [-0.05, 0) is 47.0 Å². The van der Waals surface area contributed by atoms with E-state index in [4.69, 9.17) is 39.9 Å². The van der Waals surface area contributed by atoms with Crippen LogP contribution in [0.15, 0.2) is 48.5 Å². The summed E-state index contributed by atoms with van der Waals surface area (Å²) in [4.78, 5) is 20.7. The molecule has 22 heavy (non-hydrogen) atoms. The third-order valence-corrected chi connectivity index (χ3v) is 3.08. The van der Waals surface area contributed by atoms with Crippen molar-refractivity contribution in [2.45, 2.75) is 12.8 Å². The molecule has 116 valence electrons. The van der Waals surface area contributed by atoms with Gasteiger partial charge in [-0.3, -0.25) is 9.59 Å². The molecule has 0 saturated carbocycles. The van der Waals surface area contributed by atoms with Crippen LogP contribution >= 0.6 is 34.8 Å². The first-order valence-electron chi connectivity index (χ1n) is 6.26. The van der Waals surface area contributed by atoms with Crippen LogP contribution in [0.1, 0.15) is 11.1 Å². The third-order valence-electron chi connectivity index (χ3n) is 2.48. The van der Waals surface area contributed by atoms with Crippen LogP contribution in [0.25, 0.3) is 0 Å². The first-order chi connectivity index (χ1) is 10.4. The molecule has 0 heterocycles. The summed E-state index contributed by atoms with van der Waals surface area (Å²) in [5.41, 5.74) is 1.57. The zero-order chi connectivity index (χ0) is 16.5. The van der Waals surface area contributed by atoms with Crippen molar-refractivity contribution in [3.05, 3.63) is 69.7 Å². The summed E-state index contributed by atoms with van der Waals surface area (Å²) in [5, 5.41) is 9.24. The number of carbonyl (C=O) groups excluding carboxylic acids is 1. The highest BCUT2D eigenvalue weighted by Crippen LogP contribution is 2.12. The summed E-state index contributed by atoms with van der Waals surface area (Å²) in [5.74, 6) is -0.840. The van der Waals surface area contributed by atoms with Gasteiger partial charge in [-0.25, -0.2) is 0 Å². The van der Waals surface area contributed by atoms with E-state index in [1.165, 1.54) is 0 Å². The minimum Gasteiger partial charge on any atom is -0.481 e. The van der Waals surface area contributed by atoms with Crippen LogP contribution in [0, 0.1) is 0 Å². The summed E-state index contributed by atoms with van der Waals surface area (Å²) in [6.45, 7) is 0. The largest absolute Gasteiger partial charge is 0.481 e. The molecule has 0 aromatic heterocycles. The summed E-state index contributed by atoms with van der Waals surface area (Å²) in [7, 11) is 0. The Labute approximate surface area is 143 Å². The molecule has 0 aliphatic carbocycles. The number of benzene rings is 2. The third kappa shape index (κ3) is 8.03. The first-order valence-corrected chi connectivity index (χ1v) is 7.39. The van der Waals surface area contributed by atoms with Gasteiger partial charge in [0.05, 0.1) is 6.42 Å². The van der Waals surface area contributed by atoms with E-state index < -0.39 is 5.97 Å². The fraction of sp³-hybridized carbons (Fsp3) is 0.125. The van der Waals surface area contributed by atoms with Crippen LogP contribution in [0.5, 0.6) is 0 Å². The molecule has 0 radical (unpaired) electrons. The molecule has 0 spiro atoms. The van der Waals surface area contributed by atoms with Gasteiger partial charge in [-0.15, -0.1) is 0 Å². The number of carboxylic acids is 1. The Morgan fingerprint density at radius 1 is 0.864 bits per heavy atom. The Bertz CT molecular complexity index is 599. The smallest absolute Gasteiger partial charge is 0.307 e. The Morgan fingerprint density at radius 2 is 1.32 bits per heavy atom. The molecule has 6 heteroatoms. The van der Waals surface area contributed by atoms with E-state index in [-0.39, 0.29) is 18.1 Å². The lowest BCUT2D eigenvalue weighted by atomic mass is 10.2. The Morgan fingerprint density at radius 3 is 1.68 bits per heavy atom. The van der Waals surface area contributed by atoms with Crippen molar-refractivity contribution in [1.29, 1.82) is 0 Å². The molecule has 0 saturated heterocycles. The Hall–Kier alpha value is -1.55. The predicted molar refractivity (Wildman–Crippen MR) is 88.8 cm³/mol. The van der Waals surface area contributed by atoms with E-state index in [9.17, 15) is 9.59 Å². The minimum absolute atomic E-state index is 0.0283. The molecule has 0 unspecified atom stereocenters. The van der Waals surface area contributed by atoms with Crippen molar-refractivity contribution < 1.29 is 14.7 Å². The number of carbonyl (C=O) groups is 2. The maximum atomic E-state index is 10.4. The summed E-state index contributed by atoms with van der Waals surface area (Å²) in [6.07, 6.45) is 0.267. The van der Waals surface area contributed by atoms with Crippen LogP contribution in [0.2, 0.25) is 10.0 Å². The molecule has 0 amide bonds. The molecule has 0 bridgehead atoms. The Kier molecular flexibility index (Phi) is 7.96. The van der Waals surface area contributed by atoms with Gasteiger partial charge in [0.25, 0.3) is 0 Å². The molecule has 0 atom stereocenters. The number of hydrogen-bond acceptors (Lipinski definition) is 2. The summed E-state index contributed by atoms with van der Waals surface area (Å²) in [6, 6.07) is 13.9. The second-order valence-electron chi connectivity index (χ2n) is 4.36. The van der Waals surface area contributed by atoms with E-state index in [1.807, 2.05) is 6.07 Å². The average Bonchev–Trinajstić information content (AvgIpc) is 2.37. The lowest BCUT2D eigenvalue weighted by molar-refractivity contribution is -0.136. The van der Waals surface area contributed by atoms with Gasteiger partial charge in [0, 0.05) is 16.5 Å². The van der Waals surface area contributed by atoms with Crippen molar-refractivity contribution in [3.63, 3.8) is 0 Å². The van der Waals surface area contributed by atoms with Crippen LogP contribution < -0.4 is 0 Å². The fourth-order valence-electron chi connectivity index (χ4n) is 1.63. The predicted octanol–water partition coefficient (Wildman–Crippen LogP) is 4.62. The van der Waals surface area contributed by atoms with Crippen LogP contribution in [-0.2, 0) is 22.4 Å². The number of aliphatic carboxylic acids is 1. The molecule has 2 rings (SSSR count). The monoisotopic (exact) mass is 358 g/mol. The summed E-state index contributed by atoms with van der Waals surface area (Å²) < 4.78 is 0. The quantitative estimate of drug-likeness (QED) is 0.811. The Balaban J connectivity index is 0.000000220. The molecular formula is C16H13Cl3O3. The van der Waals surface area contributed by atoms with Crippen molar-refractivity contribution in [2.24, 2.45) is 0 Å². The zero-order valence-electron chi connectivity index (χ0n) is 11.4. The topological polar surface area (TPSA) is 54.4 Å². The van der Waals surface area contributed by atoms with E-state index >= 15 is 0 Å². The molecular weight excluding hydrogens is 347 g/mol. The van der Waals surface area contributed by atoms with Gasteiger partial charge >= 0.3 is 5.97 Å². The van der Waals surface area contributed by atoms with Gasteiger partial charge in [0.15, 0.2) is 0 Å².